The summed E-state index contributed by atoms with van der Waals surface area (Å²) < 4.78 is 5.37. The van der Waals surface area contributed by atoms with Crippen LogP contribution >= 0.6 is 0 Å². The number of anilines is 2. The Balaban J connectivity index is 1.61. The van der Waals surface area contributed by atoms with Gasteiger partial charge in [-0.25, -0.2) is 0 Å². The van der Waals surface area contributed by atoms with Crippen LogP contribution < -0.4 is 15.4 Å². The Morgan fingerprint density at radius 3 is 2.30 bits per heavy atom. The van der Waals surface area contributed by atoms with Crippen LogP contribution in [0.5, 0.6) is 5.75 Å². The molecular formula is C23H24N2O2. The number of hydrogen-bond acceptors (Lipinski definition) is 3. The lowest BCUT2D eigenvalue weighted by atomic mass is 10.1. The third kappa shape index (κ3) is 4.67. The van der Waals surface area contributed by atoms with Crippen LogP contribution in [0.4, 0.5) is 11.4 Å². The minimum Gasteiger partial charge on any atom is -0.496 e. The van der Waals surface area contributed by atoms with E-state index in [2.05, 4.69) is 10.6 Å². The van der Waals surface area contributed by atoms with E-state index < -0.39 is 0 Å². The fraction of sp³-hybridized carbons (Fsp3) is 0.174. The third-order valence-electron chi connectivity index (χ3n) is 4.59. The largest absolute Gasteiger partial charge is 0.496 e. The zero-order valence-corrected chi connectivity index (χ0v) is 15.9. The van der Waals surface area contributed by atoms with Crippen molar-refractivity contribution in [1.29, 1.82) is 0 Å². The van der Waals surface area contributed by atoms with Gasteiger partial charge in [-0.05, 0) is 67.4 Å². The molecular weight excluding hydrogens is 336 g/mol. The van der Waals surface area contributed by atoms with Gasteiger partial charge in [0, 0.05) is 29.0 Å². The van der Waals surface area contributed by atoms with Gasteiger partial charge in [0.15, 0.2) is 0 Å². The molecule has 3 rings (SSSR count). The van der Waals surface area contributed by atoms with Crippen molar-refractivity contribution in [2.45, 2.75) is 20.4 Å². The van der Waals surface area contributed by atoms with Crippen molar-refractivity contribution in [2.24, 2.45) is 0 Å². The predicted molar refractivity (Wildman–Crippen MR) is 111 cm³/mol. The fourth-order valence-corrected chi connectivity index (χ4v) is 2.80. The second-order valence-corrected chi connectivity index (χ2v) is 6.50. The van der Waals surface area contributed by atoms with Crippen molar-refractivity contribution >= 4 is 17.3 Å². The molecule has 3 aromatic rings. The highest BCUT2D eigenvalue weighted by Crippen LogP contribution is 2.20. The van der Waals surface area contributed by atoms with E-state index in [4.69, 9.17) is 4.74 Å². The summed E-state index contributed by atoms with van der Waals surface area (Å²) in [6.07, 6.45) is 0. The molecule has 2 N–H and O–H groups in total. The second kappa shape index (κ2) is 8.41. The van der Waals surface area contributed by atoms with E-state index in [1.54, 1.807) is 7.11 Å². The van der Waals surface area contributed by atoms with Gasteiger partial charge < -0.3 is 15.4 Å². The highest BCUT2D eigenvalue weighted by Gasteiger charge is 2.07. The summed E-state index contributed by atoms with van der Waals surface area (Å²) in [7, 11) is 1.67. The standard InChI is InChI=1S/C23H24N2O2/c1-16-8-9-18(14-17(16)2)23(26)25-21-12-10-20(11-13-21)24-15-19-6-4-5-7-22(19)27-3/h4-14,24H,15H2,1-3H3,(H,25,26). The van der Waals surface area contributed by atoms with Crippen molar-refractivity contribution in [3.63, 3.8) is 0 Å². The number of methoxy groups -OCH3 is 1. The fourth-order valence-electron chi connectivity index (χ4n) is 2.80. The molecule has 0 saturated carbocycles. The van der Waals surface area contributed by atoms with Gasteiger partial charge in [-0.2, -0.15) is 0 Å². The van der Waals surface area contributed by atoms with Crippen molar-refractivity contribution < 1.29 is 9.53 Å². The molecule has 0 aliphatic rings. The molecule has 0 aromatic heterocycles. The normalized spacial score (nSPS) is 10.3. The van der Waals surface area contributed by atoms with E-state index in [1.165, 1.54) is 5.56 Å². The zero-order valence-electron chi connectivity index (χ0n) is 15.9. The van der Waals surface area contributed by atoms with Crippen molar-refractivity contribution in [3.05, 3.63) is 89.0 Å². The minimum absolute atomic E-state index is 0.104. The summed E-state index contributed by atoms with van der Waals surface area (Å²) >= 11 is 0. The summed E-state index contributed by atoms with van der Waals surface area (Å²) in [5, 5.41) is 6.31. The first kappa shape index (κ1) is 18.5. The molecule has 1 amide bonds. The smallest absolute Gasteiger partial charge is 0.255 e. The van der Waals surface area contributed by atoms with Gasteiger partial charge in [-0.3, -0.25) is 4.79 Å². The lowest BCUT2D eigenvalue weighted by molar-refractivity contribution is 0.102. The molecule has 0 atom stereocenters. The Labute approximate surface area is 160 Å². The van der Waals surface area contributed by atoms with E-state index in [0.29, 0.717) is 12.1 Å². The molecule has 0 radical (unpaired) electrons. The highest BCUT2D eigenvalue weighted by molar-refractivity contribution is 6.04. The van der Waals surface area contributed by atoms with Crippen LogP contribution in [0.15, 0.2) is 66.7 Å². The summed E-state index contributed by atoms with van der Waals surface area (Å²) in [6.45, 7) is 4.71. The van der Waals surface area contributed by atoms with Crippen LogP contribution in [-0.4, -0.2) is 13.0 Å². The van der Waals surface area contributed by atoms with Crippen LogP contribution in [0.1, 0.15) is 27.0 Å². The highest BCUT2D eigenvalue weighted by atomic mass is 16.5. The van der Waals surface area contributed by atoms with E-state index >= 15 is 0 Å². The molecule has 0 unspecified atom stereocenters. The van der Waals surface area contributed by atoms with Gasteiger partial charge in [-0.1, -0.05) is 24.3 Å². The number of nitrogens with one attached hydrogen (secondary N) is 2. The number of rotatable bonds is 6. The van der Waals surface area contributed by atoms with Gasteiger partial charge in [0.25, 0.3) is 5.91 Å². The second-order valence-electron chi connectivity index (χ2n) is 6.50. The molecule has 4 heteroatoms. The number of hydrogen-bond donors (Lipinski definition) is 2. The van der Waals surface area contributed by atoms with Crippen LogP contribution in [0.25, 0.3) is 0 Å². The number of carbonyl (C=O) groups excluding carboxylic acids is 1. The molecule has 27 heavy (non-hydrogen) atoms. The Kier molecular flexibility index (Phi) is 5.77. The first-order chi connectivity index (χ1) is 13.1. The van der Waals surface area contributed by atoms with E-state index in [-0.39, 0.29) is 5.91 Å². The lowest BCUT2D eigenvalue weighted by Gasteiger charge is -2.11. The molecule has 0 bridgehead atoms. The van der Waals surface area contributed by atoms with Crippen molar-refractivity contribution in [2.75, 3.05) is 17.7 Å². The number of aryl methyl sites for hydroxylation is 2. The number of benzene rings is 3. The number of amides is 1. The Morgan fingerprint density at radius 2 is 1.59 bits per heavy atom. The molecule has 0 spiro atoms. The minimum atomic E-state index is -0.104. The van der Waals surface area contributed by atoms with Crippen LogP contribution in [0, 0.1) is 13.8 Å². The van der Waals surface area contributed by atoms with Crippen LogP contribution in [0.2, 0.25) is 0 Å². The molecule has 0 aliphatic heterocycles. The Bertz CT molecular complexity index is 933. The summed E-state index contributed by atoms with van der Waals surface area (Å²) in [5.74, 6) is 0.759. The van der Waals surface area contributed by atoms with E-state index in [9.17, 15) is 4.79 Å². The molecule has 138 valence electrons. The third-order valence-corrected chi connectivity index (χ3v) is 4.59. The van der Waals surface area contributed by atoms with Gasteiger partial charge in [-0.15, -0.1) is 0 Å². The quantitative estimate of drug-likeness (QED) is 0.637. The molecule has 0 aliphatic carbocycles. The SMILES string of the molecule is COc1ccccc1CNc1ccc(NC(=O)c2ccc(C)c(C)c2)cc1. The van der Waals surface area contributed by atoms with Gasteiger partial charge in [0.05, 0.1) is 7.11 Å². The first-order valence-electron chi connectivity index (χ1n) is 8.91. The van der Waals surface area contributed by atoms with Crippen LogP contribution in [0.3, 0.4) is 0 Å². The average Bonchev–Trinajstić information content (AvgIpc) is 2.69. The number of carbonyl (C=O) groups is 1. The van der Waals surface area contributed by atoms with Gasteiger partial charge in [0.1, 0.15) is 5.75 Å². The molecule has 0 fully saturated rings. The Hall–Kier alpha value is -3.27. The summed E-state index contributed by atoms with van der Waals surface area (Å²) in [5.41, 5.74) is 5.78. The monoisotopic (exact) mass is 360 g/mol. The summed E-state index contributed by atoms with van der Waals surface area (Å²) in [4.78, 5) is 12.4. The maximum atomic E-state index is 12.4. The Morgan fingerprint density at radius 1 is 0.889 bits per heavy atom. The van der Waals surface area contributed by atoms with Crippen molar-refractivity contribution in [3.8, 4) is 5.75 Å². The topological polar surface area (TPSA) is 50.4 Å². The van der Waals surface area contributed by atoms with Gasteiger partial charge in [0.2, 0.25) is 0 Å². The maximum absolute atomic E-state index is 12.4. The maximum Gasteiger partial charge on any atom is 0.255 e. The zero-order chi connectivity index (χ0) is 19.2. The molecule has 0 heterocycles. The molecule has 3 aromatic carbocycles. The van der Waals surface area contributed by atoms with E-state index in [1.807, 2.05) is 80.6 Å². The molecule has 4 nitrogen and oxygen atoms in total. The molecule has 0 saturated heterocycles. The van der Waals surface area contributed by atoms with Gasteiger partial charge >= 0.3 is 0 Å². The van der Waals surface area contributed by atoms with E-state index in [0.717, 1.165) is 28.3 Å². The van der Waals surface area contributed by atoms with Crippen molar-refractivity contribution in [1.82, 2.24) is 0 Å². The number of para-hydroxylation sites is 1. The summed E-state index contributed by atoms with van der Waals surface area (Å²) in [6, 6.07) is 21.3. The first-order valence-corrected chi connectivity index (χ1v) is 8.91. The predicted octanol–water partition coefficient (Wildman–Crippen LogP) is 5.18. The average molecular weight is 360 g/mol. The van der Waals surface area contributed by atoms with Crippen LogP contribution in [-0.2, 0) is 6.54 Å². The number of ether oxygens (including phenoxy) is 1. The lowest BCUT2D eigenvalue weighted by Crippen LogP contribution is -2.12.